The Hall–Kier alpha value is -3.06. The molecule has 0 spiro atoms. The third kappa shape index (κ3) is 3.74. The molecule has 0 saturated carbocycles. The van der Waals surface area contributed by atoms with E-state index in [1.807, 2.05) is 37.3 Å². The largest absolute Gasteiger partial charge is 0.494 e. The molecule has 3 aromatic carbocycles. The molecular formula is C25H20Cl2N2O4. The number of carbonyl (C=O) groups excluding carboxylic acids is 2. The van der Waals surface area contributed by atoms with Crippen molar-refractivity contribution in [3.05, 3.63) is 88.4 Å². The number of hydrogen-bond donors (Lipinski definition) is 0. The maximum Gasteiger partial charge on any atom is 0.266 e. The normalized spacial score (nSPS) is 22.1. The topological polar surface area (TPSA) is 59.1 Å². The van der Waals surface area contributed by atoms with Crippen LogP contribution in [0.4, 0.5) is 11.4 Å². The van der Waals surface area contributed by atoms with E-state index in [0.717, 1.165) is 5.69 Å². The van der Waals surface area contributed by atoms with E-state index >= 15 is 0 Å². The van der Waals surface area contributed by atoms with Crippen molar-refractivity contribution >= 4 is 46.4 Å². The summed E-state index contributed by atoms with van der Waals surface area (Å²) < 4.78 is 5.47. The molecule has 2 heterocycles. The maximum atomic E-state index is 13.6. The molecule has 6 nitrogen and oxygen atoms in total. The summed E-state index contributed by atoms with van der Waals surface area (Å²) in [6.07, 6.45) is -0.971. The van der Waals surface area contributed by atoms with Gasteiger partial charge in [-0.15, -0.1) is 0 Å². The highest BCUT2D eigenvalue weighted by Gasteiger charge is 2.60. The Morgan fingerprint density at radius 2 is 1.64 bits per heavy atom. The molecule has 0 bridgehead atoms. The van der Waals surface area contributed by atoms with Gasteiger partial charge in [-0.1, -0.05) is 47.5 Å². The van der Waals surface area contributed by atoms with Crippen molar-refractivity contribution in [2.75, 3.05) is 16.6 Å². The molecule has 2 amide bonds. The summed E-state index contributed by atoms with van der Waals surface area (Å²) in [5, 5.41) is 2.49. The summed E-state index contributed by atoms with van der Waals surface area (Å²) in [4.78, 5) is 34.3. The highest BCUT2D eigenvalue weighted by molar-refractivity contribution is 6.35. The molecule has 0 radical (unpaired) electrons. The monoisotopic (exact) mass is 482 g/mol. The first-order chi connectivity index (χ1) is 16.0. The lowest BCUT2D eigenvalue weighted by Crippen LogP contribution is -2.37. The summed E-state index contributed by atoms with van der Waals surface area (Å²) in [6, 6.07) is 20.7. The van der Waals surface area contributed by atoms with E-state index in [4.69, 9.17) is 32.8 Å². The van der Waals surface area contributed by atoms with Crippen molar-refractivity contribution in [2.45, 2.75) is 19.1 Å². The van der Waals surface area contributed by atoms with Crippen LogP contribution < -0.4 is 14.7 Å². The van der Waals surface area contributed by atoms with Gasteiger partial charge >= 0.3 is 0 Å². The number of hydroxylamine groups is 1. The SMILES string of the molecule is CCOc1ccc(N2C(=O)[C@H]3[C@@H](c4ccc(Cl)cc4Cl)N(c4ccccc4)O[C@H]3C2=O)cc1. The van der Waals surface area contributed by atoms with Crippen LogP contribution in [-0.2, 0) is 14.4 Å². The average molecular weight is 483 g/mol. The lowest BCUT2D eigenvalue weighted by molar-refractivity contribution is -0.126. The third-order valence-electron chi connectivity index (χ3n) is 5.81. The van der Waals surface area contributed by atoms with Gasteiger partial charge in [-0.2, -0.15) is 0 Å². The number of rotatable bonds is 5. The number of halogens is 2. The van der Waals surface area contributed by atoms with E-state index in [0.29, 0.717) is 33.7 Å². The standard InChI is InChI=1S/C25H20Cl2N2O4/c1-2-32-18-11-9-16(10-12-18)28-24(30)21-22(19-13-8-15(26)14-20(19)27)29(33-23(21)25(28)31)17-6-4-3-5-7-17/h3-14,21-23H,2H2,1H3/t21-,22+,23+/m0/s1. The molecule has 2 aliphatic rings. The molecule has 2 saturated heterocycles. The molecular weight excluding hydrogens is 463 g/mol. The zero-order valence-corrected chi connectivity index (χ0v) is 19.2. The number of hydrogen-bond acceptors (Lipinski definition) is 5. The number of fused-ring (bicyclic) bond motifs is 1. The van der Waals surface area contributed by atoms with E-state index in [9.17, 15) is 9.59 Å². The molecule has 8 heteroatoms. The lowest BCUT2D eigenvalue weighted by Gasteiger charge is -2.29. The highest BCUT2D eigenvalue weighted by Crippen LogP contribution is 2.49. The van der Waals surface area contributed by atoms with Crippen LogP contribution in [0.2, 0.25) is 10.0 Å². The van der Waals surface area contributed by atoms with E-state index in [-0.39, 0.29) is 5.91 Å². The fourth-order valence-electron chi connectivity index (χ4n) is 4.38. The van der Waals surface area contributed by atoms with E-state index in [1.165, 1.54) is 4.90 Å². The Labute approximate surface area is 201 Å². The van der Waals surface area contributed by atoms with Gasteiger partial charge in [0.15, 0.2) is 6.10 Å². The fourth-order valence-corrected chi connectivity index (χ4v) is 4.90. The third-order valence-corrected chi connectivity index (χ3v) is 6.38. The minimum atomic E-state index is -0.971. The average Bonchev–Trinajstić information content (AvgIpc) is 3.31. The number of benzene rings is 3. The van der Waals surface area contributed by atoms with Crippen molar-refractivity contribution in [1.29, 1.82) is 0 Å². The van der Waals surface area contributed by atoms with Crippen molar-refractivity contribution in [3.8, 4) is 5.75 Å². The first-order valence-corrected chi connectivity index (χ1v) is 11.3. The Bertz CT molecular complexity index is 1200. The molecule has 5 rings (SSSR count). The summed E-state index contributed by atoms with van der Waals surface area (Å²) in [6.45, 7) is 2.41. The summed E-state index contributed by atoms with van der Waals surface area (Å²) in [7, 11) is 0. The van der Waals surface area contributed by atoms with Crippen LogP contribution in [0.15, 0.2) is 72.8 Å². The lowest BCUT2D eigenvalue weighted by atomic mass is 9.90. The molecule has 3 atom stereocenters. The number of carbonyl (C=O) groups is 2. The zero-order valence-electron chi connectivity index (χ0n) is 17.7. The first-order valence-electron chi connectivity index (χ1n) is 10.6. The van der Waals surface area contributed by atoms with Crippen LogP contribution in [0.25, 0.3) is 0 Å². The molecule has 2 fully saturated rings. The first kappa shape index (κ1) is 21.8. The van der Waals surface area contributed by atoms with Crippen LogP contribution in [0.1, 0.15) is 18.5 Å². The second-order valence-electron chi connectivity index (χ2n) is 7.76. The van der Waals surface area contributed by atoms with Gasteiger partial charge in [0.2, 0.25) is 5.91 Å². The number of amides is 2. The van der Waals surface area contributed by atoms with E-state index in [2.05, 4.69) is 0 Å². The quantitative estimate of drug-likeness (QED) is 0.453. The highest BCUT2D eigenvalue weighted by atomic mass is 35.5. The van der Waals surface area contributed by atoms with Gasteiger partial charge in [-0.05, 0) is 61.0 Å². The van der Waals surface area contributed by atoms with Crippen molar-refractivity contribution < 1.29 is 19.2 Å². The van der Waals surface area contributed by atoms with E-state index < -0.39 is 24.0 Å². The predicted molar refractivity (Wildman–Crippen MR) is 127 cm³/mol. The van der Waals surface area contributed by atoms with Crippen molar-refractivity contribution in [3.63, 3.8) is 0 Å². The maximum absolute atomic E-state index is 13.6. The van der Waals surface area contributed by atoms with Gasteiger partial charge in [0.1, 0.15) is 11.7 Å². The molecule has 3 aromatic rings. The van der Waals surface area contributed by atoms with Crippen molar-refractivity contribution in [1.82, 2.24) is 0 Å². The second kappa shape index (κ2) is 8.71. The van der Waals surface area contributed by atoms with Crippen LogP contribution in [0.3, 0.4) is 0 Å². The molecule has 0 unspecified atom stereocenters. The minimum Gasteiger partial charge on any atom is -0.494 e. The summed E-state index contributed by atoms with van der Waals surface area (Å²) >= 11 is 12.7. The number of para-hydroxylation sites is 1. The number of imide groups is 1. The zero-order chi connectivity index (χ0) is 23.1. The Morgan fingerprint density at radius 1 is 0.909 bits per heavy atom. The molecule has 33 heavy (non-hydrogen) atoms. The van der Waals surface area contributed by atoms with Crippen LogP contribution in [0, 0.1) is 5.92 Å². The fraction of sp³-hybridized carbons (Fsp3) is 0.200. The molecule has 0 N–H and O–H groups in total. The van der Waals surface area contributed by atoms with Crippen LogP contribution in [0.5, 0.6) is 5.75 Å². The number of anilines is 2. The second-order valence-corrected chi connectivity index (χ2v) is 8.61. The number of nitrogens with zero attached hydrogens (tertiary/aromatic N) is 2. The Kier molecular flexibility index (Phi) is 5.74. The smallest absolute Gasteiger partial charge is 0.266 e. The van der Waals surface area contributed by atoms with Gasteiger partial charge in [-0.3, -0.25) is 14.4 Å². The molecule has 2 aliphatic heterocycles. The molecule has 0 aliphatic carbocycles. The van der Waals surface area contributed by atoms with Crippen LogP contribution >= 0.6 is 23.2 Å². The predicted octanol–water partition coefficient (Wildman–Crippen LogP) is 5.44. The van der Waals surface area contributed by atoms with Gasteiger partial charge in [0.05, 0.1) is 24.0 Å². The van der Waals surface area contributed by atoms with Gasteiger partial charge in [0.25, 0.3) is 5.91 Å². The number of ether oxygens (including phenoxy) is 1. The van der Waals surface area contributed by atoms with Crippen molar-refractivity contribution in [2.24, 2.45) is 5.92 Å². The minimum absolute atomic E-state index is 0.344. The summed E-state index contributed by atoms with van der Waals surface area (Å²) in [5.74, 6) is -0.868. The van der Waals surface area contributed by atoms with Gasteiger partial charge in [-0.25, -0.2) is 9.96 Å². The van der Waals surface area contributed by atoms with Gasteiger partial charge < -0.3 is 4.74 Å². The van der Waals surface area contributed by atoms with Crippen LogP contribution in [-0.4, -0.2) is 24.5 Å². The Morgan fingerprint density at radius 3 is 2.30 bits per heavy atom. The molecule has 168 valence electrons. The van der Waals surface area contributed by atoms with Gasteiger partial charge in [0, 0.05) is 10.0 Å². The summed E-state index contributed by atoms with van der Waals surface area (Å²) in [5.41, 5.74) is 1.85. The Balaban J connectivity index is 1.55. The van der Waals surface area contributed by atoms with E-state index in [1.54, 1.807) is 47.5 Å². The molecule has 0 aromatic heterocycles.